The van der Waals surface area contributed by atoms with Gasteiger partial charge >= 0.3 is 5.97 Å². The topological polar surface area (TPSA) is 84.6 Å². The molecule has 1 heterocycles. The maximum atomic E-state index is 12.0. The van der Waals surface area contributed by atoms with Crippen LogP contribution in [0.15, 0.2) is 45.3 Å². The smallest absolute Gasteiger partial charge is 0.371 e. The predicted molar refractivity (Wildman–Crippen MR) is 85.5 cm³/mol. The van der Waals surface area contributed by atoms with E-state index in [0.717, 1.165) is 4.47 Å². The molecule has 1 aromatic carbocycles. The summed E-state index contributed by atoms with van der Waals surface area (Å²) in [5.74, 6) is -0.780. The molecule has 1 atom stereocenters. The van der Waals surface area contributed by atoms with Gasteiger partial charge in [0.05, 0.1) is 5.75 Å². The first-order chi connectivity index (χ1) is 10.5. The van der Waals surface area contributed by atoms with Crippen molar-refractivity contribution in [1.82, 2.24) is 0 Å². The molecule has 0 spiro atoms. The van der Waals surface area contributed by atoms with E-state index in [2.05, 4.69) is 15.9 Å². The highest BCUT2D eigenvalue weighted by atomic mass is 79.9. The first-order valence-corrected chi connectivity index (χ1v) is 8.69. The molecule has 22 heavy (non-hydrogen) atoms. The largest absolute Gasteiger partial charge is 0.475 e. The predicted octanol–water partition coefficient (Wildman–Crippen LogP) is 3.26. The zero-order chi connectivity index (χ0) is 16.1. The lowest BCUT2D eigenvalue weighted by molar-refractivity contribution is 0.0660. The number of carboxylic acid groups (broad SMARTS) is 1. The molecule has 0 bridgehead atoms. The van der Waals surface area contributed by atoms with Gasteiger partial charge in [0.2, 0.25) is 5.76 Å². The fourth-order valence-electron chi connectivity index (χ4n) is 1.79. The number of rotatable bonds is 7. The summed E-state index contributed by atoms with van der Waals surface area (Å²) in [5.41, 5.74) is 0.575. The van der Waals surface area contributed by atoms with Crippen LogP contribution in [0.3, 0.4) is 0 Å². The van der Waals surface area contributed by atoms with Crippen molar-refractivity contribution in [2.75, 3.05) is 5.75 Å². The minimum atomic E-state index is -1.29. The summed E-state index contributed by atoms with van der Waals surface area (Å²) in [6.45, 7) is 0. The second-order valence-corrected chi connectivity index (χ2v) is 7.03. The number of aromatic carboxylic acids is 1. The molecule has 7 heteroatoms. The molecule has 0 saturated heterocycles. The van der Waals surface area contributed by atoms with Gasteiger partial charge < -0.3 is 9.52 Å². The average Bonchev–Trinajstić information content (AvgIpc) is 2.94. The molecule has 0 aliphatic rings. The summed E-state index contributed by atoms with van der Waals surface area (Å²) in [6, 6.07) is 9.78. The normalized spacial score (nSPS) is 12.0. The molecular formula is C15H13BrO5S. The molecule has 0 aliphatic heterocycles. The molecule has 1 N–H and O–H groups in total. The number of ketones is 1. The summed E-state index contributed by atoms with van der Waals surface area (Å²) in [6.07, 6.45) is 0.167. The molecular weight excluding hydrogens is 372 g/mol. The number of carboxylic acids is 1. The lowest BCUT2D eigenvalue weighted by Gasteiger charge is -2.02. The van der Waals surface area contributed by atoms with Gasteiger partial charge in [-0.25, -0.2) is 4.79 Å². The quantitative estimate of drug-likeness (QED) is 0.740. The first-order valence-electron chi connectivity index (χ1n) is 6.41. The van der Waals surface area contributed by atoms with Crippen molar-refractivity contribution < 1.29 is 23.3 Å². The monoisotopic (exact) mass is 384 g/mol. The van der Waals surface area contributed by atoms with Gasteiger partial charge in [0.25, 0.3) is 0 Å². The van der Waals surface area contributed by atoms with E-state index in [0.29, 0.717) is 11.3 Å². The third kappa shape index (κ3) is 4.64. The number of furan rings is 1. The van der Waals surface area contributed by atoms with Gasteiger partial charge in [-0.3, -0.25) is 9.00 Å². The van der Waals surface area contributed by atoms with Crippen LogP contribution in [0.1, 0.15) is 33.1 Å². The van der Waals surface area contributed by atoms with Crippen molar-refractivity contribution >= 4 is 38.5 Å². The molecule has 116 valence electrons. The van der Waals surface area contributed by atoms with Crippen molar-refractivity contribution in [2.45, 2.75) is 12.2 Å². The van der Waals surface area contributed by atoms with Crippen molar-refractivity contribution in [1.29, 1.82) is 0 Å². The number of hydrogen-bond acceptors (Lipinski definition) is 4. The molecule has 0 amide bonds. The van der Waals surface area contributed by atoms with Gasteiger partial charge in [0, 0.05) is 33.0 Å². The first kappa shape index (κ1) is 16.6. The zero-order valence-electron chi connectivity index (χ0n) is 11.5. The van der Waals surface area contributed by atoms with Crippen LogP contribution in [0.5, 0.6) is 0 Å². The Bertz CT molecular complexity index is 705. The van der Waals surface area contributed by atoms with E-state index in [1.165, 1.54) is 12.1 Å². The maximum Gasteiger partial charge on any atom is 0.371 e. The van der Waals surface area contributed by atoms with Crippen LogP contribution in [-0.4, -0.2) is 26.8 Å². The van der Waals surface area contributed by atoms with E-state index in [1.54, 1.807) is 24.3 Å². The van der Waals surface area contributed by atoms with E-state index in [4.69, 9.17) is 9.52 Å². The van der Waals surface area contributed by atoms with Crippen molar-refractivity contribution in [3.63, 3.8) is 0 Å². The summed E-state index contributed by atoms with van der Waals surface area (Å²) < 4.78 is 17.9. The van der Waals surface area contributed by atoms with Crippen molar-refractivity contribution in [3.8, 4) is 0 Å². The fourth-order valence-corrected chi connectivity index (χ4v) is 3.08. The zero-order valence-corrected chi connectivity index (χ0v) is 13.9. The second kappa shape index (κ2) is 7.51. The van der Waals surface area contributed by atoms with Crippen molar-refractivity contribution in [2.24, 2.45) is 0 Å². The van der Waals surface area contributed by atoms with Gasteiger partial charge in [-0.2, -0.15) is 0 Å². The fraction of sp³-hybridized carbons (Fsp3) is 0.200. The summed E-state index contributed by atoms with van der Waals surface area (Å²) >= 11 is 3.29. The molecule has 2 aromatic rings. The van der Waals surface area contributed by atoms with Crippen LogP contribution < -0.4 is 0 Å². The van der Waals surface area contributed by atoms with E-state index >= 15 is 0 Å². The van der Waals surface area contributed by atoms with E-state index in [-0.39, 0.29) is 29.5 Å². The molecule has 0 saturated carbocycles. The third-order valence-corrected chi connectivity index (χ3v) is 4.69. The minimum absolute atomic E-state index is 0.0773. The molecule has 0 aliphatic carbocycles. The van der Waals surface area contributed by atoms with Gasteiger partial charge in [0.15, 0.2) is 5.78 Å². The van der Waals surface area contributed by atoms with Crippen LogP contribution in [-0.2, 0) is 16.6 Å². The molecule has 1 unspecified atom stereocenters. The van der Waals surface area contributed by atoms with Gasteiger partial charge in [0.1, 0.15) is 5.76 Å². The molecule has 0 fully saturated rings. The Kier molecular flexibility index (Phi) is 5.68. The van der Waals surface area contributed by atoms with Gasteiger partial charge in [-0.05, 0) is 24.3 Å². The highest BCUT2D eigenvalue weighted by Gasteiger charge is 2.13. The Morgan fingerprint density at radius 2 is 1.82 bits per heavy atom. The summed E-state index contributed by atoms with van der Waals surface area (Å²) in [4.78, 5) is 22.6. The van der Waals surface area contributed by atoms with Gasteiger partial charge in [-0.1, -0.05) is 28.1 Å². The van der Waals surface area contributed by atoms with E-state index in [1.807, 2.05) is 0 Å². The average molecular weight is 385 g/mol. The number of hydrogen-bond donors (Lipinski definition) is 1. The number of Topliss-reactive ketones (excluding diaryl/α,β-unsaturated/α-hetero) is 1. The summed E-state index contributed by atoms with van der Waals surface area (Å²) in [5, 5.41) is 8.74. The standard InChI is InChI=1S/C15H13BrO5S/c16-11-3-1-10(2-4-11)13(17)7-8-22(20)9-12-5-6-14(21-12)15(18)19/h1-6H,7-9H2,(H,18,19). The van der Waals surface area contributed by atoms with Gasteiger partial charge in [-0.15, -0.1) is 0 Å². The van der Waals surface area contributed by atoms with E-state index < -0.39 is 16.8 Å². The summed E-state index contributed by atoms with van der Waals surface area (Å²) in [7, 11) is -1.29. The Balaban J connectivity index is 1.85. The second-order valence-electron chi connectivity index (χ2n) is 4.54. The lowest BCUT2D eigenvalue weighted by Crippen LogP contribution is -2.07. The number of carbonyl (C=O) groups excluding carboxylic acids is 1. The molecule has 1 aromatic heterocycles. The van der Waals surface area contributed by atoms with Crippen LogP contribution >= 0.6 is 15.9 Å². The van der Waals surface area contributed by atoms with Crippen LogP contribution in [0.4, 0.5) is 0 Å². The maximum absolute atomic E-state index is 12.0. The SMILES string of the molecule is O=C(CCS(=O)Cc1ccc(C(=O)O)o1)c1ccc(Br)cc1. The minimum Gasteiger partial charge on any atom is -0.475 e. The highest BCUT2D eigenvalue weighted by molar-refractivity contribution is 9.10. The number of halogens is 1. The number of benzene rings is 1. The van der Waals surface area contributed by atoms with Crippen LogP contribution in [0.2, 0.25) is 0 Å². The van der Waals surface area contributed by atoms with Crippen LogP contribution in [0.25, 0.3) is 0 Å². The third-order valence-electron chi connectivity index (χ3n) is 2.90. The highest BCUT2D eigenvalue weighted by Crippen LogP contribution is 2.13. The number of carbonyl (C=O) groups is 2. The Morgan fingerprint density at radius 3 is 2.41 bits per heavy atom. The Labute approximate surface area is 137 Å². The molecule has 0 radical (unpaired) electrons. The van der Waals surface area contributed by atoms with Crippen molar-refractivity contribution in [3.05, 3.63) is 58.0 Å². The Hall–Kier alpha value is -1.73. The molecule has 5 nitrogen and oxygen atoms in total. The lowest BCUT2D eigenvalue weighted by atomic mass is 10.1. The molecule has 2 rings (SSSR count). The van der Waals surface area contributed by atoms with Crippen LogP contribution in [0, 0.1) is 0 Å². The Morgan fingerprint density at radius 1 is 1.14 bits per heavy atom. The van der Waals surface area contributed by atoms with E-state index in [9.17, 15) is 13.8 Å².